The monoisotopic (exact) mass is 481 g/mol. The lowest BCUT2D eigenvalue weighted by Gasteiger charge is -2.37. The summed E-state index contributed by atoms with van der Waals surface area (Å²) in [6, 6.07) is 4.92. The molecule has 1 fully saturated rings. The summed E-state index contributed by atoms with van der Waals surface area (Å²) in [5.74, 6) is -0.0796. The molecule has 0 saturated carbocycles. The van der Waals surface area contributed by atoms with Gasteiger partial charge in [0.05, 0.1) is 22.2 Å². The number of hydrogen-bond donors (Lipinski definition) is 1. The summed E-state index contributed by atoms with van der Waals surface area (Å²) in [6.45, 7) is 3.45. The van der Waals surface area contributed by atoms with Crippen LogP contribution in [0.5, 0.6) is 0 Å². The molecule has 4 rings (SSSR count). The highest BCUT2D eigenvalue weighted by molar-refractivity contribution is 8.00. The third-order valence-electron chi connectivity index (χ3n) is 5.64. The van der Waals surface area contributed by atoms with Gasteiger partial charge in [0.15, 0.2) is 0 Å². The number of benzene rings is 1. The number of nitrogens with zero attached hydrogens (tertiary/aromatic N) is 4. The van der Waals surface area contributed by atoms with Crippen LogP contribution in [0.25, 0.3) is 0 Å². The Labute approximate surface area is 195 Å². The number of nitrogens with one attached hydrogen (secondary N) is 1. The molecule has 2 aliphatic rings. The SMILES string of the molecule is CN1CCN(n2c3c(c(SCC(=O)Nc4cc(Cl)ccc4Cl)nc2=O)CCCC3)CC1. The Morgan fingerprint density at radius 2 is 1.90 bits per heavy atom. The highest BCUT2D eigenvalue weighted by Crippen LogP contribution is 2.30. The maximum absolute atomic E-state index is 13.0. The Balaban J connectivity index is 1.52. The summed E-state index contributed by atoms with van der Waals surface area (Å²) in [5.41, 5.74) is 2.37. The number of carbonyl (C=O) groups is 1. The number of hydrogen-bond acceptors (Lipinski definition) is 6. The van der Waals surface area contributed by atoms with Crippen molar-refractivity contribution < 1.29 is 4.79 Å². The van der Waals surface area contributed by atoms with E-state index in [0.717, 1.165) is 63.1 Å². The summed E-state index contributed by atoms with van der Waals surface area (Å²) < 4.78 is 1.79. The molecule has 1 aromatic heterocycles. The molecule has 0 atom stereocenters. The van der Waals surface area contributed by atoms with Crippen LogP contribution in [0.15, 0.2) is 28.0 Å². The minimum absolute atomic E-state index is 0.139. The number of likely N-dealkylation sites (N-methyl/N-ethyl adjacent to an activating group) is 1. The third-order valence-corrected chi connectivity index (χ3v) is 7.22. The van der Waals surface area contributed by atoms with Crippen LogP contribution >= 0.6 is 35.0 Å². The zero-order valence-electron chi connectivity index (χ0n) is 17.4. The van der Waals surface area contributed by atoms with Gasteiger partial charge in [-0.05, 0) is 50.9 Å². The summed E-state index contributed by atoms with van der Waals surface area (Å²) in [7, 11) is 2.09. The number of thioether (sulfide) groups is 1. The van der Waals surface area contributed by atoms with Gasteiger partial charge in [-0.15, -0.1) is 0 Å². The molecule has 7 nitrogen and oxygen atoms in total. The molecule has 1 N–H and O–H groups in total. The predicted octanol–water partition coefficient (Wildman–Crippen LogP) is 3.04. The van der Waals surface area contributed by atoms with E-state index in [9.17, 15) is 9.59 Å². The van der Waals surface area contributed by atoms with E-state index in [-0.39, 0.29) is 17.3 Å². The Bertz CT molecular complexity index is 1040. The zero-order valence-corrected chi connectivity index (χ0v) is 19.7. The number of halogens is 2. The number of anilines is 1. The fraction of sp³-hybridized carbons (Fsp3) is 0.476. The van der Waals surface area contributed by atoms with E-state index in [4.69, 9.17) is 23.2 Å². The Morgan fingerprint density at radius 3 is 2.68 bits per heavy atom. The molecule has 166 valence electrons. The van der Waals surface area contributed by atoms with Gasteiger partial charge in [0.25, 0.3) is 0 Å². The van der Waals surface area contributed by atoms with Gasteiger partial charge in [0, 0.05) is 36.8 Å². The summed E-state index contributed by atoms with van der Waals surface area (Å²) in [4.78, 5) is 32.1. The molecule has 0 unspecified atom stereocenters. The van der Waals surface area contributed by atoms with Gasteiger partial charge >= 0.3 is 5.69 Å². The molecular weight excluding hydrogens is 457 g/mol. The third kappa shape index (κ3) is 5.19. The average molecular weight is 482 g/mol. The molecule has 1 saturated heterocycles. The van der Waals surface area contributed by atoms with Crippen LogP contribution in [0.3, 0.4) is 0 Å². The number of amides is 1. The van der Waals surface area contributed by atoms with Gasteiger partial charge in [-0.1, -0.05) is 35.0 Å². The van der Waals surface area contributed by atoms with Gasteiger partial charge in [0.2, 0.25) is 5.91 Å². The Morgan fingerprint density at radius 1 is 1.16 bits per heavy atom. The summed E-state index contributed by atoms with van der Waals surface area (Å²) in [6.07, 6.45) is 3.85. The second-order valence-electron chi connectivity index (χ2n) is 7.86. The lowest BCUT2D eigenvalue weighted by molar-refractivity contribution is -0.113. The normalized spacial score (nSPS) is 16.8. The van der Waals surface area contributed by atoms with E-state index < -0.39 is 0 Å². The van der Waals surface area contributed by atoms with Crippen molar-refractivity contribution >= 4 is 46.6 Å². The van der Waals surface area contributed by atoms with E-state index in [1.54, 1.807) is 22.9 Å². The van der Waals surface area contributed by atoms with E-state index in [2.05, 4.69) is 27.3 Å². The molecule has 0 bridgehead atoms. The first-order valence-electron chi connectivity index (χ1n) is 10.4. The topological polar surface area (TPSA) is 70.5 Å². The van der Waals surface area contributed by atoms with E-state index >= 15 is 0 Å². The quantitative estimate of drug-likeness (QED) is 0.522. The fourth-order valence-corrected chi connectivity index (χ4v) is 5.20. The standard InChI is InChI=1S/C21H25Cl2N5O2S/c1-26-8-10-27(11-9-26)28-18-5-3-2-4-15(18)20(25-21(28)30)31-13-19(29)24-17-12-14(22)6-7-16(17)23/h6-7,12H,2-5,8-11,13H2,1H3,(H,24,29). The molecule has 0 spiro atoms. The number of piperazine rings is 1. The second kappa shape index (κ2) is 9.81. The van der Waals surface area contributed by atoms with Gasteiger partial charge in [0.1, 0.15) is 5.03 Å². The molecule has 31 heavy (non-hydrogen) atoms. The lowest BCUT2D eigenvalue weighted by atomic mass is 9.97. The first-order chi connectivity index (χ1) is 14.9. The number of aromatic nitrogens is 2. The minimum Gasteiger partial charge on any atom is -0.324 e. The van der Waals surface area contributed by atoms with E-state index in [0.29, 0.717) is 20.8 Å². The van der Waals surface area contributed by atoms with Crippen molar-refractivity contribution in [2.45, 2.75) is 30.7 Å². The van der Waals surface area contributed by atoms with Crippen LogP contribution in [-0.2, 0) is 17.6 Å². The molecule has 1 amide bonds. The van der Waals surface area contributed by atoms with Crippen molar-refractivity contribution in [3.8, 4) is 0 Å². The van der Waals surface area contributed by atoms with Crippen LogP contribution in [-0.4, -0.2) is 59.4 Å². The first kappa shape index (κ1) is 22.5. The number of carbonyl (C=O) groups excluding carboxylic acids is 1. The van der Waals surface area contributed by atoms with Crippen molar-refractivity contribution in [1.29, 1.82) is 0 Å². The van der Waals surface area contributed by atoms with Gasteiger partial charge in [-0.2, -0.15) is 4.98 Å². The highest BCUT2D eigenvalue weighted by atomic mass is 35.5. The highest BCUT2D eigenvalue weighted by Gasteiger charge is 2.25. The van der Waals surface area contributed by atoms with Crippen LogP contribution in [0.1, 0.15) is 24.1 Å². The maximum Gasteiger partial charge on any atom is 0.367 e. The van der Waals surface area contributed by atoms with E-state index in [1.807, 2.05) is 0 Å². The van der Waals surface area contributed by atoms with Crippen LogP contribution in [0.4, 0.5) is 5.69 Å². The smallest absolute Gasteiger partial charge is 0.324 e. The Kier molecular flexibility index (Phi) is 7.11. The molecule has 1 aliphatic heterocycles. The molecule has 2 heterocycles. The van der Waals surface area contributed by atoms with Crippen molar-refractivity contribution in [1.82, 2.24) is 14.6 Å². The molecule has 10 heteroatoms. The van der Waals surface area contributed by atoms with Gasteiger partial charge in [-0.3, -0.25) is 4.79 Å². The zero-order chi connectivity index (χ0) is 22.0. The molecule has 2 aromatic rings. The maximum atomic E-state index is 13.0. The first-order valence-corrected chi connectivity index (χ1v) is 12.1. The fourth-order valence-electron chi connectivity index (χ4n) is 3.99. The molecule has 1 aromatic carbocycles. The van der Waals surface area contributed by atoms with Crippen LogP contribution in [0.2, 0.25) is 10.0 Å². The van der Waals surface area contributed by atoms with Crippen molar-refractivity contribution in [2.75, 3.05) is 49.3 Å². The van der Waals surface area contributed by atoms with Gasteiger partial charge < -0.3 is 15.2 Å². The van der Waals surface area contributed by atoms with Crippen molar-refractivity contribution in [2.24, 2.45) is 0 Å². The van der Waals surface area contributed by atoms with Gasteiger partial charge in [-0.25, -0.2) is 9.47 Å². The average Bonchev–Trinajstić information content (AvgIpc) is 2.75. The summed E-state index contributed by atoms with van der Waals surface area (Å²) >= 11 is 13.4. The predicted molar refractivity (Wildman–Crippen MR) is 126 cm³/mol. The number of fused-ring (bicyclic) bond motifs is 1. The molecular formula is C21H25Cl2N5O2S. The second-order valence-corrected chi connectivity index (χ2v) is 9.67. The summed E-state index contributed by atoms with van der Waals surface area (Å²) in [5, 5.41) is 6.48. The van der Waals surface area contributed by atoms with Crippen LogP contribution in [0, 0.1) is 0 Å². The number of rotatable bonds is 5. The molecule has 1 aliphatic carbocycles. The van der Waals surface area contributed by atoms with E-state index in [1.165, 1.54) is 11.8 Å². The largest absolute Gasteiger partial charge is 0.367 e. The van der Waals surface area contributed by atoms with Crippen LogP contribution < -0.4 is 16.0 Å². The van der Waals surface area contributed by atoms with Crippen molar-refractivity contribution in [3.63, 3.8) is 0 Å². The lowest BCUT2D eigenvalue weighted by Crippen LogP contribution is -2.54. The molecule has 0 radical (unpaired) electrons. The Hall–Kier alpha value is -1.74. The minimum atomic E-state index is -0.258. The van der Waals surface area contributed by atoms with Crippen molar-refractivity contribution in [3.05, 3.63) is 50.0 Å².